The molecule has 16 heavy (non-hydrogen) atoms. The van der Waals surface area contributed by atoms with E-state index in [0.29, 0.717) is 6.04 Å². The van der Waals surface area contributed by atoms with Crippen molar-refractivity contribution in [3.8, 4) is 0 Å². The van der Waals surface area contributed by atoms with Crippen molar-refractivity contribution in [1.29, 1.82) is 0 Å². The van der Waals surface area contributed by atoms with E-state index in [-0.39, 0.29) is 0 Å². The first-order valence-corrected chi connectivity index (χ1v) is 7.20. The maximum Gasteiger partial charge on any atom is 0.161 e. The van der Waals surface area contributed by atoms with Gasteiger partial charge in [0.05, 0.1) is 11.7 Å². The highest BCUT2D eigenvalue weighted by Gasteiger charge is 2.16. The van der Waals surface area contributed by atoms with Gasteiger partial charge in [0, 0.05) is 10.2 Å². The van der Waals surface area contributed by atoms with E-state index in [9.17, 15) is 0 Å². The molecular formula is C12H15BrN2S. The summed E-state index contributed by atoms with van der Waals surface area (Å²) in [5.41, 5.74) is 2.35. The van der Waals surface area contributed by atoms with Crippen molar-refractivity contribution >= 4 is 38.5 Å². The summed E-state index contributed by atoms with van der Waals surface area (Å²) in [5.74, 6) is 1.10. The average Bonchev–Trinajstić information content (AvgIpc) is 2.70. The molecule has 4 heteroatoms. The Morgan fingerprint density at radius 1 is 1.56 bits per heavy atom. The summed E-state index contributed by atoms with van der Waals surface area (Å²) >= 11 is 5.36. The van der Waals surface area contributed by atoms with Crippen molar-refractivity contribution in [2.75, 3.05) is 11.1 Å². The molecule has 0 aromatic heterocycles. The second kappa shape index (κ2) is 5.23. The molecule has 1 unspecified atom stereocenters. The summed E-state index contributed by atoms with van der Waals surface area (Å²) in [7, 11) is 0. The molecule has 1 aromatic rings. The standard InChI is InChI=1S/C12H15BrN2S/c1-3-9-7-16-12(14-9)15-11-5-4-8(2)6-10(11)13/h4-6,9H,3,7H2,1-2H3,(H,14,15). The molecule has 0 spiro atoms. The van der Waals surface area contributed by atoms with Gasteiger partial charge in [0.2, 0.25) is 0 Å². The number of anilines is 1. The van der Waals surface area contributed by atoms with E-state index in [1.54, 1.807) is 11.8 Å². The lowest BCUT2D eigenvalue weighted by atomic mass is 10.2. The number of aliphatic imine (C=N–C) groups is 1. The van der Waals surface area contributed by atoms with E-state index in [4.69, 9.17) is 0 Å². The van der Waals surface area contributed by atoms with Crippen LogP contribution in [-0.2, 0) is 0 Å². The minimum absolute atomic E-state index is 0.483. The lowest BCUT2D eigenvalue weighted by Gasteiger charge is -2.07. The third-order valence-electron chi connectivity index (χ3n) is 2.55. The van der Waals surface area contributed by atoms with Crippen LogP contribution in [0.5, 0.6) is 0 Å². The van der Waals surface area contributed by atoms with Gasteiger partial charge in [-0.2, -0.15) is 0 Å². The summed E-state index contributed by atoms with van der Waals surface area (Å²) in [6.45, 7) is 4.27. The van der Waals surface area contributed by atoms with Gasteiger partial charge in [-0.05, 0) is 47.0 Å². The van der Waals surface area contributed by atoms with Crippen molar-refractivity contribution in [1.82, 2.24) is 0 Å². The van der Waals surface area contributed by atoms with Crippen LogP contribution >= 0.6 is 27.7 Å². The zero-order valence-corrected chi connectivity index (χ0v) is 11.9. The van der Waals surface area contributed by atoms with Crippen molar-refractivity contribution in [2.45, 2.75) is 26.3 Å². The predicted molar refractivity (Wildman–Crippen MR) is 76.5 cm³/mol. The molecule has 0 fully saturated rings. The third-order valence-corrected chi connectivity index (χ3v) is 4.24. The van der Waals surface area contributed by atoms with Crippen molar-refractivity contribution in [3.63, 3.8) is 0 Å². The van der Waals surface area contributed by atoms with Gasteiger partial charge in [0.25, 0.3) is 0 Å². The molecule has 0 amide bonds. The quantitative estimate of drug-likeness (QED) is 0.891. The SMILES string of the molecule is CCC1CSC(Nc2ccc(C)cc2Br)=N1. The Kier molecular flexibility index (Phi) is 3.92. The number of rotatable bonds is 2. The van der Waals surface area contributed by atoms with Crippen LogP contribution < -0.4 is 5.32 Å². The van der Waals surface area contributed by atoms with Gasteiger partial charge in [-0.15, -0.1) is 0 Å². The predicted octanol–water partition coefficient (Wildman–Crippen LogP) is 4.05. The fourth-order valence-electron chi connectivity index (χ4n) is 1.53. The number of amidine groups is 1. The Hall–Kier alpha value is -0.480. The maximum atomic E-state index is 4.61. The molecule has 0 aliphatic carbocycles. The minimum atomic E-state index is 0.483. The Morgan fingerprint density at radius 3 is 3.00 bits per heavy atom. The molecule has 1 aromatic carbocycles. The number of thioether (sulfide) groups is 1. The summed E-state index contributed by atoms with van der Waals surface area (Å²) in [6.07, 6.45) is 1.12. The number of hydrogen-bond donors (Lipinski definition) is 1. The number of aryl methyl sites for hydroxylation is 1. The zero-order valence-electron chi connectivity index (χ0n) is 9.46. The van der Waals surface area contributed by atoms with Crippen molar-refractivity contribution in [2.24, 2.45) is 4.99 Å². The molecule has 0 radical (unpaired) electrons. The zero-order chi connectivity index (χ0) is 11.5. The number of benzene rings is 1. The Balaban J connectivity index is 2.10. The number of halogens is 1. The largest absolute Gasteiger partial charge is 0.334 e. The van der Waals surface area contributed by atoms with Gasteiger partial charge in [-0.3, -0.25) is 4.99 Å². The van der Waals surface area contributed by atoms with Crippen LogP contribution in [0.1, 0.15) is 18.9 Å². The Morgan fingerprint density at radius 2 is 2.38 bits per heavy atom. The summed E-state index contributed by atoms with van der Waals surface area (Å²) in [4.78, 5) is 4.61. The lowest BCUT2D eigenvalue weighted by Crippen LogP contribution is -2.05. The van der Waals surface area contributed by atoms with E-state index in [0.717, 1.165) is 27.5 Å². The Bertz CT molecular complexity index is 417. The van der Waals surface area contributed by atoms with Gasteiger partial charge < -0.3 is 5.32 Å². The topological polar surface area (TPSA) is 24.4 Å². The second-order valence-electron chi connectivity index (χ2n) is 3.92. The van der Waals surface area contributed by atoms with E-state index >= 15 is 0 Å². The van der Waals surface area contributed by atoms with Gasteiger partial charge in [-0.1, -0.05) is 24.8 Å². The van der Waals surface area contributed by atoms with Crippen LogP contribution in [0, 0.1) is 6.92 Å². The third kappa shape index (κ3) is 2.80. The molecule has 1 aliphatic heterocycles. The van der Waals surface area contributed by atoms with Crippen LogP contribution in [-0.4, -0.2) is 17.0 Å². The van der Waals surface area contributed by atoms with Crippen LogP contribution in [0.2, 0.25) is 0 Å². The molecule has 1 N–H and O–H groups in total. The molecule has 1 aliphatic rings. The maximum absolute atomic E-state index is 4.61. The van der Waals surface area contributed by atoms with E-state index in [1.165, 1.54) is 5.56 Å². The summed E-state index contributed by atoms with van der Waals surface area (Å²) < 4.78 is 1.09. The lowest BCUT2D eigenvalue weighted by molar-refractivity contribution is 0.738. The first-order valence-electron chi connectivity index (χ1n) is 5.43. The minimum Gasteiger partial charge on any atom is -0.334 e. The molecule has 0 bridgehead atoms. The first kappa shape index (κ1) is 12.0. The monoisotopic (exact) mass is 298 g/mol. The number of nitrogens with one attached hydrogen (secondary N) is 1. The van der Waals surface area contributed by atoms with E-state index in [2.05, 4.69) is 58.3 Å². The van der Waals surface area contributed by atoms with Crippen LogP contribution in [0.15, 0.2) is 27.7 Å². The van der Waals surface area contributed by atoms with Crippen LogP contribution in [0.25, 0.3) is 0 Å². The molecule has 2 nitrogen and oxygen atoms in total. The fraction of sp³-hybridized carbons (Fsp3) is 0.417. The van der Waals surface area contributed by atoms with Crippen molar-refractivity contribution in [3.05, 3.63) is 28.2 Å². The highest BCUT2D eigenvalue weighted by molar-refractivity contribution is 9.10. The fourth-order valence-corrected chi connectivity index (χ4v) is 3.19. The van der Waals surface area contributed by atoms with Gasteiger partial charge in [0.15, 0.2) is 5.17 Å². The first-order chi connectivity index (χ1) is 7.69. The molecule has 1 heterocycles. The summed E-state index contributed by atoms with van der Waals surface area (Å²) in [6, 6.07) is 6.78. The van der Waals surface area contributed by atoms with E-state index in [1.807, 2.05) is 0 Å². The number of hydrogen-bond acceptors (Lipinski definition) is 3. The average molecular weight is 299 g/mol. The van der Waals surface area contributed by atoms with Crippen molar-refractivity contribution < 1.29 is 0 Å². The molecule has 1 atom stereocenters. The summed E-state index contributed by atoms with van der Waals surface area (Å²) in [5, 5.41) is 4.41. The molecule has 86 valence electrons. The molecular weight excluding hydrogens is 284 g/mol. The van der Waals surface area contributed by atoms with Gasteiger partial charge >= 0.3 is 0 Å². The highest BCUT2D eigenvalue weighted by atomic mass is 79.9. The smallest absolute Gasteiger partial charge is 0.161 e. The number of nitrogens with zero attached hydrogens (tertiary/aromatic N) is 1. The van der Waals surface area contributed by atoms with Gasteiger partial charge in [-0.25, -0.2) is 0 Å². The van der Waals surface area contributed by atoms with Gasteiger partial charge in [0.1, 0.15) is 0 Å². The van der Waals surface area contributed by atoms with Crippen LogP contribution in [0.4, 0.5) is 5.69 Å². The van der Waals surface area contributed by atoms with Crippen LogP contribution in [0.3, 0.4) is 0 Å². The molecule has 0 saturated carbocycles. The normalized spacial score (nSPS) is 19.7. The molecule has 2 rings (SSSR count). The highest BCUT2D eigenvalue weighted by Crippen LogP contribution is 2.27. The van der Waals surface area contributed by atoms with E-state index < -0.39 is 0 Å². The molecule has 0 saturated heterocycles. The Labute approximate surface area is 109 Å². The second-order valence-corrected chi connectivity index (χ2v) is 5.78.